The van der Waals surface area contributed by atoms with Gasteiger partial charge in [0.25, 0.3) is 0 Å². The van der Waals surface area contributed by atoms with Crippen molar-refractivity contribution in [2.24, 2.45) is 0 Å². The minimum absolute atomic E-state index is 0. The van der Waals surface area contributed by atoms with Gasteiger partial charge in [-0.3, -0.25) is 0 Å². The Balaban J connectivity index is -0.0000000133. The van der Waals surface area contributed by atoms with E-state index < -0.39 is 0 Å². The Morgan fingerprint density at radius 2 is 1.44 bits per heavy atom. The number of hydrogen-bond donors (Lipinski definition) is 0. The zero-order valence-corrected chi connectivity index (χ0v) is 9.26. The van der Waals surface area contributed by atoms with Crippen LogP contribution in [-0.4, -0.2) is 35.1 Å². The summed E-state index contributed by atoms with van der Waals surface area (Å²) in [5.74, 6) is 0. The second-order valence-electron chi connectivity index (χ2n) is 1.35. The Morgan fingerprint density at radius 3 is 1.44 bits per heavy atom. The zero-order valence-electron chi connectivity index (χ0n) is 5.83. The molecule has 0 atom stereocenters. The van der Waals surface area contributed by atoms with Gasteiger partial charge in [0.15, 0.2) is 0 Å². The van der Waals surface area contributed by atoms with Crippen molar-refractivity contribution >= 4 is 35.1 Å². The second-order valence-corrected chi connectivity index (χ2v) is 1.35. The van der Waals surface area contributed by atoms with Gasteiger partial charge >= 0.3 is 59.9 Å². The summed E-state index contributed by atoms with van der Waals surface area (Å²) < 4.78 is 0. The molecular weight excluding hydrogens is 188 g/mol. The topological polar surface area (TPSA) is 0 Å². The first kappa shape index (κ1) is 30.6. The Labute approximate surface area is 96.5 Å². The third kappa shape index (κ3) is 40.0. The van der Waals surface area contributed by atoms with Crippen LogP contribution in [0.1, 0.15) is 19.8 Å². The van der Waals surface area contributed by atoms with E-state index in [-0.39, 0.29) is 54.6 Å². The van der Waals surface area contributed by atoms with Gasteiger partial charge in [-0.1, -0.05) is 0 Å². The first-order valence-electron chi connectivity index (χ1n) is 2.41. The fourth-order valence-electron chi connectivity index (χ4n) is 0.354. The molecule has 9 heavy (non-hydrogen) atoms. The predicted octanol–water partition coefficient (Wildman–Crippen LogP) is -8.00. The molecule has 0 bridgehead atoms. The van der Waals surface area contributed by atoms with Crippen LogP contribution in [-0.2, 0) is 0 Å². The standard InChI is InChI=1S/C4H9.Al.3ClH.Li/c1-3-4-2;;;;;/h1,3-4H2,2H3;;3*1H;/q;+3;;;;/p-3. The average molecular weight is 197 g/mol. The van der Waals surface area contributed by atoms with Crippen LogP contribution in [0.15, 0.2) is 0 Å². The van der Waals surface area contributed by atoms with Gasteiger partial charge in [-0.15, -0.1) is 0 Å². The Kier molecular flexibility index (Phi) is 110. The van der Waals surface area contributed by atoms with E-state index in [4.69, 9.17) is 0 Å². The van der Waals surface area contributed by atoms with Crippen molar-refractivity contribution in [2.45, 2.75) is 24.9 Å². The molecule has 0 aromatic heterocycles. The van der Waals surface area contributed by atoms with Gasteiger partial charge < -0.3 is 37.2 Å². The van der Waals surface area contributed by atoms with Crippen molar-refractivity contribution in [3.63, 3.8) is 0 Å². The number of rotatable bonds is 2. The van der Waals surface area contributed by atoms with E-state index in [1.54, 1.807) is 0 Å². The molecule has 0 nitrogen and oxygen atoms in total. The van der Waals surface area contributed by atoms with Crippen LogP contribution in [0.2, 0.25) is 5.09 Å². The van der Waals surface area contributed by atoms with Gasteiger partial charge in [-0.2, -0.15) is 0 Å². The van der Waals surface area contributed by atoms with Crippen molar-refractivity contribution < 1.29 is 37.2 Å². The molecule has 0 aliphatic carbocycles. The van der Waals surface area contributed by atoms with Crippen LogP contribution in [0.5, 0.6) is 0 Å². The summed E-state index contributed by atoms with van der Waals surface area (Å²) in [5.41, 5.74) is 0. The SMILES string of the molecule is [Al+3].[Cl-].[Cl-].[Cl-].[Li][CH2]CCC. The van der Waals surface area contributed by atoms with Crippen molar-refractivity contribution in [3.8, 4) is 0 Å². The van der Waals surface area contributed by atoms with E-state index in [0.29, 0.717) is 0 Å². The maximum atomic E-state index is 2.21. The molecule has 0 aromatic carbocycles. The fourth-order valence-corrected chi connectivity index (χ4v) is 0.354. The summed E-state index contributed by atoms with van der Waals surface area (Å²) in [6.07, 6.45) is 2.73. The maximum absolute atomic E-state index is 2.21. The number of hydrogen-bond acceptors (Lipinski definition) is 0. The van der Waals surface area contributed by atoms with Crippen LogP contribution in [0.3, 0.4) is 0 Å². The third-order valence-corrected chi connectivity index (χ3v) is 0.707. The summed E-state index contributed by atoms with van der Waals surface area (Å²) in [6, 6.07) is 0. The van der Waals surface area contributed by atoms with Crippen molar-refractivity contribution in [2.75, 3.05) is 0 Å². The Hall–Kier alpha value is 2.00. The van der Waals surface area contributed by atoms with Crippen molar-refractivity contribution in [1.29, 1.82) is 0 Å². The van der Waals surface area contributed by atoms with Crippen LogP contribution in [0, 0.1) is 0 Å². The van der Waals surface area contributed by atoms with Crippen LogP contribution >= 0.6 is 0 Å². The third-order valence-electron chi connectivity index (χ3n) is 0.707. The van der Waals surface area contributed by atoms with E-state index in [2.05, 4.69) is 24.6 Å². The second kappa shape index (κ2) is 32.4. The molecule has 0 unspecified atom stereocenters. The van der Waals surface area contributed by atoms with E-state index in [9.17, 15) is 0 Å². The van der Waals surface area contributed by atoms with Crippen LogP contribution in [0.25, 0.3) is 0 Å². The summed E-state index contributed by atoms with van der Waals surface area (Å²) in [7, 11) is 0. The zero-order chi connectivity index (χ0) is 4.12. The van der Waals surface area contributed by atoms with Crippen molar-refractivity contribution in [3.05, 3.63) is 0 Å². The molecule has 0 saturated heterocycles. The molecule has 50 valence electrons. The molecule has 0 amide bonds. The van der Waals surface area contributed by atoms with Gasteiger partial charge in [-0.05, 0) is 0 Å². The van der Waals surface area contributed by atoms with Gasteiger partial charge in [0, 0.05) is 0 Å². The molecule has 0 rings (SSSR count). The normalized spacial score (nSPS) is 4.78. The molecule has 0 aliphatic heterocycles. The van der Waals surface area contributed by atoms with Gasteiger partial charge in [0.05, 0.1) is 0 Å². The molecule has 0 aromatic rings. The van der Waals surface area contributed by atoms with E-state index in [0.717, 1.165) is 0 Å². The monoisotopic (exact) mass is 196 g/mol. The quantitative estimate of drug-likeness (QED) is 0.386. The summed E-state index contributed by atoms with van der Waals surface area (Å²) >= 11 is 2.21. The molecule has 0 fully saturated rings. The molecular formula is C4H9AlCl3Li. The minimum atomic E-state index is 0. The molecule has 0 radical (unpaired) electrons. The average Bonchev–Trinajstić information content (AvgIpc) is 1.41. The number of halogens is 3. The fraction of sp³-hybridized carbons (Fsp3) is 1.00. The van der Waals surface area contributed by atoms with E-state index in [1.807, 2.05) is 0 Å². The predicted molar refractivity (Wildman–Crippen MR) is 31.2 cm³/mol. The molecule has 5 heteroatoms. The van der Waals surface area contributed by atoms with Crippen LogP contribution < -0.4 is 37.2 Å². The molecule has 0 N–H and O–H groups in total. The first-order chi connectivity index (χ1) is 2.41. The van der Waals surface area contributed by atoms with Gasteiger partial charge in [-0.25, -0.2) is 0 Å². The molecule has 0 saturated carbocycles. The van der Waals surface area contributed by atoms with E-state index in [1.165, 1.54) is 17.9 Å². The Morgan fingerprint density at radius 1 is 1.11 bits per heavy atom. The first-order valence-corrected chi connectivity index (χ1v) is 2.41. The summed E-state index contributed by atoms with van der Waals surface area (Å²) in [4.78, 5) is 0. The molecule has 0 heterocycles. The Bertz CT molecular complexity index is 23.3. The number of unbranched alkanes of at least 4 members (excludes halogenated alkanes) is 1. The summed E-state index contributed by atoms with van der Waals surface area (Å²) in [6.45, 7) is 2.21. The van der Waals surface area contributed by atoms with E-state index >= 15 is 0 Å². The molecule has 0 spiro atoms. The van der Waals surface area contributed by atoms with Crippen LogP contribution in [0.4, 0.5) is 0 Å². The molecule has 0 aliphatic rings. The summed E-state index contributed by atoms with van der Waals surface area (Å²) in [5, 5.41) is 1.34. The van der Waals surface area contributed by atoms with Gasteiger partial charge in [0.2, 0.25) is 0 Å². The van der Waals surface area contributed by atoms with Crippen molar-refractivity contribution in [1.82, 2.24) is 0 Å². The van der Waals surface area contributed by atoms with Gasteiger partial charge in [0.1, 0.15) is 0 Å².